The molecule has 0 radical (unpaired) electrons. The molecule has 1 unspecified atom stereocenters. The number of thiophene rings is 1. The molecule has 3 N–H and O–H groups in total. The number of amides is 1. The van der Waals surface area contributed by atoms with Gasteiger partial charge in [-0.3, -0.25) is 4.79 Å². The van der Waals surface area contributed by atoms with E-state index in [1.165, 1.54) is 0 Å². The summed E-state index contributed by atoms with van der Waals surface area (Å²) in [6, 6.07) is 4.44. The van der Waals surface area contributed by atoms with Gasteiger partial charge in [0.15, 0.2) is 0 Å². The summed E-state index contributed by atoms with van der Waals surface area (Å²) in [5, 5.41) is 17.9. The molecule has 1 aliphatic rings. The van der Waals surface area contributed by atoms with Gasteiger partial charge in [-0.05, 0) is 37.3 Å². The van der Waals surface area contributed by atoms with Crippen LogP contribution in [0.25, 0.3) is 0 Å². The summed E-state index contributed by atoms with van der Waals surface area (Å²) in [6.07, 6.45) is 3.09. The Morgan fingerprint density at radius 3 is 3.10 bits per heavy atom. The molecule has 0 aromatic carbocycles. The third-order valence-corrected chi connectivity index (χ3v) is 4.06. The van der Waals surface area contributed by atoms with E-state index in [0.29, 0.717) is 32.2 Å². The van der Waals surface area contributed by atoms with Gasteiger partial charge < -0.3 is 20.5 Å². The monoisotopic (exact) mass is 312 g/mol. The first-order valence-electron chi connectivity index (χ1n) is 7.52. The lowest BCUT2D eigenvalue weighted by Gasteiger charge is -2.12. The summed E-state index contributed by atoms with van der Waals surface area (Å²) in [5.74, 6) is 0.138. The normalized spacial score (nSPS) is 15.9. The molecule has 0 spiro atoms. The number of hydrogen-bond acceptors (Lipinski definition) is 5. The van der Waals surface area contributed by atoms with Crippen LogP contribution in [0.15, 0.2) is 17.5 Å². The second-order valence-corrected chi connectivity index (χ2v) is 6.43. The smallest absolute Gasteiger partial charge is 0.220 e. The molecule has 0 saturated heterocycles. The summed E-state index contributed by atoms with van der Waals surface area (Å²) < 4.78 is 5.44. The predicted molar refractivity (Wildman–Crippen MR) is 83.3 cm³/mol. The van der Waals surface area contributed by atoms with E-state index >= 15 is 0 Å². The lowest BCUT2D eigenvalue weighted by Crippen LogP contribution is -2.32. The molecule has 1 fully saturated rings. The van der Waals surface area contributed by atoms with Gasteiger partial charge in [0, 0.05) is 23.9 Å². The van der Waals surface area contributed by atoms with E-state index in [0.717, 1.165) is 30.7 Å². The van der Waals surface area contributed by atoms with Crippen molar-refractivity contribution in [2.24, 2.45) is 0 Å². The molecule has 2 rings (SSSR count). The Morgan fingerprint density at radius 1 is 1.52 bits per heavy atom. The summed E-state index contributed by atoms with van der Waals surface area (Å²) in [4.78, 5) is 12.6. The summed E-state index contributed by atoms with van der Waals surface area (Å²) >= 11 is 1.65. The number of aliphatic hydroxyl groups excluding tert-OH is 1. The SMILES string of the molecule is O=C(CCCNCC(O)COCc1cccs1)NC1CC1. The molecule has 21 heavy (non-hydrogen) atoms. The van der Waals surface area contributed by atoms with Crippen LogP contribution in [0.1, 0.15) is 30.6 Å². The molecule has 1 heterocycles. The van der Waals surface area contributed by atoms with E-state index in [-0.39, 0.29) is 5.91 Å². The first-order chi connectivity index (χ1) is 10.2. The third kappa shape index (κ3) is 7.57. The van der Waals surface area contributed by atoms with Crippen LogP contribution in [0.4, 0.5) is 0 Å². The second kappa shape index (κ2) is 9.15. The Kier molecular flexibility index (Phi) is 7.15. The van der Waals surface area contributed by atoms with Gasteiger partial charge in [-0.1, -0.05) is 6.07 Å². The Bertz CT molecular complexity index is 407. The number of hydrogen-bond donors (Lipinski definition) is 3. The van der Waals surface area contributed by atoms with Crippen LogP contribution < -0.4 is 10.6 Å². The minimum atomic E-state index is -0.509. The van der Waals surface area contributed by atoms with E-state index in [4.69, 9.17) is 4.74 Å². The zero-order valence-corrected chi connectivity index (χ0v) is 13.0. The first-order valence-corrected chi connectivity index (χ1v) is 8.40. The highest BCUT2D eigenvalue weighted by molar-refractivity contribution is 7.09. The van der Waals surface area contributed by atoms with Crippen molar-refractivity contribution in [3.8, 4) is 0 Å². The van der Waals surface area contributed by atoms with Crippen LogP contribution in [0.2, 0.25) is 0 Å². The summed E-state index contributed by atoms with van der Waals surface area (Å²) in [7, 11) is 0. The molecule has 1 aliphatic carbocycles. The van der Waals surface area contributed by atoms with E-state index < -0.39 is 6.10 Å². The van der Waals surface area contributed by atoms with Crippen LogP contribution >= 0.6 is 11.3 Å². The van der Waals surface area contributed by atoms with Gasteiger partial charge in [-0.15, -0.1) is 11.3 Å². The highest BCUT2D eigenvalue weighted by atomic mass is 32.1. The Balaban J connectivity index is 1.39. The van der Waals surface area contributed by atoms with Crippen LogP contribution in [-0.4, -0.2) is 42.9 Å². The molecular formula is C15H24N2O3S. The number of carbonyl (C=O) groups is 1. The van der Waals surface area contributed by atoms with Gasteiger partial charge in [0.25, 0.3) is 0 Å². The molecular weight excluding hydrogens is 288 g/mol. The molecule has 1 atom stereocenters. The minimum absolute atomic E-state index is 0.138. The van der Waals surface area contributed by atoms with Crippen molar-refractivity contribution < 1.29 is 14.6 Å². The van der Waals surface area contributed by atoms with Crippen molar-refractivity contribution in [3.05, 3.63) is 22.4 Å². The van der Waals surface area contributed by atoms with Crippen LogP contribution in [0, 0.1) is 0 Å². The fourth-order valence-corrected chi connectivity index (χ4v) is 2.56. The Morgan fingerprint density at radius 2 is 2.38 bits per heavy atom. The quantitative estimate of drug-likeness (QED) is 0.538. The number of ether oxygens (including phenoxy) is 1. The molecule has 1 saturated carbocycles. The lowest BCUT2D eigenvalue weighted by molar-refractivity contribution is -0.121. The average molecular weight is 312 g/mol. The van der Waals surface area contributed by atoms with Crippen LogP contribution in [0.5, 0.6) is 0 Å². The van der Waals surface area contributed by atoms with Gasteiger partial charge in [0.05, 0.1) is 19.3 Å². The zero-order chi connectivity index (χ0) is 14.9. The van der Waals surface area contributed by atoms with Crippen molar-refractivity contribution in [1.82, 2.24) is 10.6 Å². The Labute approximate surface area is 129 Å². The van der Waals surface area contributed by atoms with E-state index in [9.17, 15) is 9.90 Å². The van der Waals surface area contributed by atoms with E-state index in [2.05, 4.69) is 10.6 Å². The number of carbonyl (C=O) groups excluding carboxylic acids is 1. The summed E-state index contributed by atoms with van der Waals surface area (Å²) in [6.45, 7) is 2.11. The number of rotatable bonds is 11. The molecule has 0 bridgehead atoms. The van der Waals surface area contributed by atoms with Crippen molar-refractivity contribution >= 4 is 17.2 Å². The van der Waals surface area contributed by atoms with Crippen molar-refractivity contribution in [2.45, 2.75) is 44.4 Å². The van der Waals surface area contributed by atoms with Crippen molar-refractivity contribution in [2.75, 3.05) is 19.7 Å². The van der Waals surface area contributed by atoms with Crippen LogP contribution in [0.3, 0.4) is 0 Å². The van der Waals surface area contributed by atoms with Gasteiger partial charge in [-0.25, -0.2) is 0 Å². The predicted octanol–water partition coefficient (Wildman–Crippen LogP) is 1.27. The maximum Gasteiger partial charge on any atom is 0.220 e. The largest absolute Gasteiger partial charge is 0.389 e. The fourth-order valence-electron chi connectivity index (χ4n) is 1.92. The van der Waals surface area contributed by atoms with Gasteiger partial charge in [0.1, 0.15) is 0 Å². The topological polar surface area (TPSA) is 70.6 Å². The zero-order valence-electron chi connectivity index (χ0n) is 12.2. The van der Waals surface area contributed by atoms with Gasteiger partial charge in [-0.2, -0.15) is 0 Å². The number of aliphatic hydroxyl groups is 1. The van der Waals surface area contributed by atoms with E-state index in [1.807, 2.05) is 17.5 Å². The van der Waals surface area contributed by atoms with Crippen molar-refractivity contribution in [3.63, 3.8) is 0 Å². The standard InChI is InChI=1S/C15H24N2O3S/c18-13(10-20-11-14-3-2-8-21-14)9-16-7-1-4-15(19)17-12-5-6-12/h2-3,8,12-13,16,18H,1,4-7,9-11H2,(H,17,19). The Hall–Kier alpha value is -0.950. The fraction of sp³-hybridized carbons (Fsp3) is 0.667. The van der Waals surface area contributed by atoms with Gasteiger partial charge in [0.2, 0.25) is 5.91 Å². The molecule has 6 heteroatoms. The highest BCUT2D eigenvalue weighted by Crippen LogP contribution is 2.18. The highest BCUT2D eigenvalue weighted by Gasteiger charge is 2.22. The molecule has 1 aromatic heterocycles. The molecule has 1 amide bonds. The molecule has 1 aromatic rings. The van der Waals surface area contributed by atoms with E-state index in [1.54, 1.807) is 11.3 Å². The maximum atomic E-state index is 11.4. The third-order valence-electron chi connectivity index (χ3n) is 3.21. The van der Waals surface area contributed by atoms with Gasteiger partial charge >= 0.3 is 0 Å². The van der Waals surface area contributed by atoms with Crippen molar-refractivity contribution in [1.29, 1.82) is 0 Å². The lowest BCUT2D eigenvalue weighted by atomic mass is 10.3. The molecule has 5 nitrogen and oxygen atoms in total. The minimum Gasteiger partial charge on any atom is -0.389 e. The molecule has 118 valence electrons. The first kappa shape index (κ1) is 16.4. The second-order valence-electron chi connectivity index (χ2n) is 5.40. The van der Waals surface area contributed by atoms with Crippen LogP contribution in [-0.2, 0) is 16.1 Å². The maximum absolute atomic E-state index is 11.4. The summed E-state index contributed by atoms with van der Waals surface area (Å²) in [5.41, 5.74) is 0. The molecule has 0 aliphatic heterocycles. The number of nitrogens with one attached hydrogen (secondary N) is 2. The average Bonchev–Trinajstić information content (AvgIpc) is 3.11.